The van der Waals surface area contributed by atoms with E-state index in [1.807, 2.05) is 49.4 Å². The van der Waals surface area contributed by atoms with Gasteiger partial charge in [0.1, 0.15) is 11.5 Å². The molecule has 0 aliphatic carbocycles. The molecule has 0 atom stereocenters. The van der Waals surface area contributed by atoms with Gasteiger partial charge in [0, 0.05) is 4.47 Å². The molecule has 0 fully saturated rings. The first-order chi connectivity index (χ1) is 14.3. The molecule has 9 heteroatoms. The molecule has 156 valence electrons. The van der Waals surface area contributed by atoms with Crippen LogP contribution < -0.4 is 20.3 Å². The summed E-state index contributed by atoms with van der Waals surface area (Å²) in [5, 5.41) is 2.04. The summed E-state index contributed by atoms with van der Waals surface area (Å²) in [6.07, 6.45) is 0. The molecule has 3 aromatic carbocycles. The smallest absolute Gasteiger partial charge is 0.276 e. The van der Waals surface area contributed by atoms with E-state index in [9.17, 15) is 9.59 Å². The standard InChI is InChI=1S/C21H17Br3N2O4/c1-12-8-14(22)9-16(23)21(12)30-11-19(28)26-25-18(27)10-29-17-7-6-13-4-2-3-5-15(13)20(17)24/h2-9H,10-11H2,1H3,(H,25,27)(H,26,28). The van der Waals surface area contributed by atoms with Crippen LogP contribution in [0.15, 0.2) is 61.9 Å². The fourth-order valence-corrected chi connectivity index (χ4v) is 4.85. The number of nitrogens with one attached hydrogen (secondary N) is 2. The molecule has 0 aliphatic heterocycles. The summed E-state index contributed by atoms with van der Waals surface area (Å²) in [6, 6.07) is 15.2. The number of aryl methyl sites for hydroxylation is 1. The SMILES string of the molecule is Cc1cc(Br)cc(Br)c1OCC(=O)NNC(=O)COc1ccc2ccccc2c1Br. The number of amides is 2. The second-order valence-corrected chi connectivity index (χ2v) is 8.87. The van der Waals surface area contributed by atoms with Crippen LogP contribution in [-0.2, 0) is 9.59 Å². The predicted octanol–water partition coefficient (Wildman–Crippen LogP) is 5.04. The van der Waals surface area contributed by atoms with Crippen molar-refractivity contribution in [2.24, 2.45) is 0 Å². The van der Waals surface area contributed by atoms with E-state index < -0.39 is 11.8 Å². The first-order valence-electron chi connectivity index (χ1n) is 8.81. The van der Waals surface area contributed by atoms with Crippen molar-refractivity contribution in [1.29, 1.82) is 0 Å². The third-order valence-corrected chi connectivity index (χ3v) is 5.93. The lowest BCUT2D eigenvalue weighted by Gasteiger charge is -2.13. The number of hydrogen-bond donors (Lipinski definition) is 2. The van der Waals surface area contributed by atoms with Crippen molar-refractivity contribution in [2.75, 3.05) is 13.2 Å². The van der Waals surface area contributed by atoms with Crippen molar-refractivity contribution in [3.05, 3.63) is 67.5 Å². The summed E-state index contributed by atoms with van der Waals surface area (Å²) in [5.74, 6) is 0.104. The second kappa shape index (κ2) is 10.3. The molecule has 0 radical (unpaired) electrons. The number of carbonyl (C=O) groups excluding carboxylic acids is 2. The predicted molar refractivity (Wildman–Crippen MR) is 126 cm³/mol. The molecule has 2 amide bonds. The Bertz CT molecular complexity index is 1080. The summed E-state index contributed by atoms with van der Waals surface area (Å²) in [4.78, 5) is 24.0. The van der Waals surface area contributed by atoms with Crippen LogP contribution >= 0.6 is 47.8 Å². The van der Waals surface area contributed by atoms with Crippen LogP contribution in [0.4, 0.5) is 0 Å². The quantitative estimate of drug-likeness (QED) is 0.389. The van der Waals surface area contributed by atoms with Gasteiger partial charge in [-0.1, -0.05) is 46.3 Å². The molecule has 0 saturated heterocycles. The molecular formula is C21H17Br3N2O4. The number of hydrogen-bond acceptors (Lipinski definition) is 4. The molecule has 0 saturated carbocycles. The fraction of sp³-hybridized carbons (Fsp3) is 0.143. The van der Waals surface area contributed by atoms with Crippen LogP contribution in [0.1, 0.15) is 5.56 Å². The molecule has 0 aliphatic rings. The van der Waals surface area contributed by atoms with Crippen LogP contribution in [0, 0.1) is 6.92 Å². The average molecular weight is 601 g/mol. The molecular weight excluding hydrogens is 584 g/mol. The fourth-order valence-electron chi connectivity index (χ4n) is 2.69. The van der Waals surface area contributed by atoms with Gasteiger partial charge in [0.05, 0.1) is 8.95 Å². The van der Waals surface area contributed by atoms with Gasteiger partial charge >= 0.3 is 0 Å². The Morgan fingerprint density at radius 2 is 1.57 bits per heavy atom. The lowest BCUT2D eigenvalue weighted by molar-refractivity contribution is -0.131. The van der Waals surface area contributed by atoms with Gasteiger partial charge in [-0.05, 0) is 73.3 Å². The van der Waals surface area contributed by atoms with Crippen molar-refractivity contribution in [3.8, 4) is 11.5 Å². The molecule has 0 unspecified atom stereocenters. The molecule has 2 N–H and O–H groups in total. The van der Waals surface area contributed by atoms with E-state index in [1.165, 1.54) is 0 Å². The van der Waals surface area contributed by atoms with Crippen molar-refractivity contribution in [2.45, 2.75) is 6.92 Å². The normalized spacial score (nSPS) is 10.5. The van der Waals surface area contributed by atoms with Gasteiger partial charge in [-0.25, -0.2) is 0 Å². The Balaban J connectivity index is 1.47. The number of ether oxygens (including phenoxy) is 2. The van der Waals surface area contributed by atoms with Crippen LogP contribution in [-0.4, -0.2) is 25.0 Å². The first-order valence-corrected chi connectivity index (χ1v) is 11.2. The minimum Gasteiger partial charge on any atom is -0.483 e. The lowest BCUT2D eigenvalue weighted by atomic mass is 10.1. The Hall–Kier alpha value is -2.10. The molecule has 6 nitrogen and oxygen atoms in total. The first kappa shape index (κ1) is 22.6. The Morgan fingerprint density at radius 3 is 2.27 bits per heavy atom. The molecule has 0 bridgehead atoms. The monoisotopic (exact) mass is 598 g/mol. The van der Waals surface area contributed by atoms with E-state index in [-0.39, 0.29) is 13.2 Å². The number of rotatable bonds is 6. The average Bonchev–Trinajstić information content (AvgIpc) is 2.71. The molecule has 30 heavy (non-hydrogen) atoms. The van der Waals surface area contributed by atoms with Crippen molar-refractivity contribution in [1.82, 2.24) is 10.9 Å². The highest BCUT2D eigenvalue weighted by atomic mass is 79.9. The van der Waals surface area contributed by atoms with Crippen LogP contribution in [0.25, 0.3) is 10.8 Å². The zero-order chi connectivity index (χ0) is 21.7. The van der Waals surface area contributed by atoms with Crippen molar-refractivity contribution >= 4 is 70.4 Å². The number of halogens is 3. The van der Waals surface area contributed by atoms with Gasteiger partial charge in [-0.3, -0.25) is 20.4 Å². The minimum absolute atomic E-state index is 0.252. The third-order valence-electron chi connectivity index (χ3n) is 4.07. The zero-order valence-electron chi connectivity index (χ0n) is 15.8. The lowest BCUT2D eigenvalue weighted by Crippen LogP contribution is -2.45. The summed E-state index contributed by atoms with van der Waals surface area (Å²) < 4.78 is 13.5. The van der Waals surface area contributed by atoms with E-state index in [1.54, 1.807) is 6.07 Å². The van der Waals surface area contributed by atoms with E-state index in [0.717, 1.165) is 29.8 Å². The Morgan fingerprint density at radius 1 is 0.900 bits per heavy atom. The number of carbonyl (C=O) groups is 2. The van der Waals surface area contributed by atoms with E-state index in [0.29, 0.717) is 11.5 Å². The van der Waals surface area contributed by atoms with Gasteiger partial charge in [-0.2, -0.15) is 0 Å². The maximum Gasteiger partial charge on any atom is 0.276 e. The topological polar surface area (TPSA) is 76.7 Å². The highest BCUT2D eigenvalue weighted by molar-refractivity contribution is 9.11. The highest BCUT2D eigenvalue weighted by Gasteiger charge is 2.12. The molecule has 0 heterocycles. The summed E-state index contributed by atoms with van der Waals surface area (Å²) >= 11 is 10.3. The van der Waals surface area contributed by atoms with E-state index >= 15 is 0 Å². The summed E-state index contributed by atoms with van der Waals surface area (Å²) in [6.45, 7) is 1.36. The minimum atomic E-state index is -0.496. The van der Waals surface area contributed by atoms with Gasteiger partial charge in [0.2, 0.25) is 0 Å². The van der Waals surface area contributed by atoms with Gasteiger partial charge in [-0.15, -0.1) is 0 Å². The maximum atomic E-state index is 12.0. The van der Waals surface area contributed by atoms with Crippen LogP contribution in [0.3, 0.4) is 0 Å². The Kier molecular flexibility index (Phi) is 7.74. The van der Waals surface area contributed by atoms with E-state index in [4.69, 9.17) is 9.47 Å². The summed E-state index contributed by atoms with van der Waals surface area (Å²) in [5.41, 5.74) is 5.47. The van der Waals surface area contributed by atoms with Gasteiger partial charge in [0.15, 0.2) is 13.2 Å². The number of benzene rings is 3. The van der Waals surface area contributed by atoms with Crippen molar-refractivity contribution in [3.63, 3.8) is 0 Å². The zero-order valence-corrected chi connectivity index (χ0v) is 20.6. The largest absolute Gasteiger partial charge is 0.483 e. The van der Waals surface area contributed by atoms with Crippen LogP contribution in [0.2, 0.25) is 0 Å². The molecule has 0 aromatic heterocycles. The third kappa shape index (κ3) is 5.74. The molecule has 3 aromatic rings. The highest BCUT2D eigenvalue weighted by Crippen LogP contribution is 2.33. The number of hydrazine groups is 1. The van der Waals surface area contributed by atoms with Gasteiger partial charge in [0.25, 0.3) is 11.8 Å². The Labute approximate surface area is 198 Å². The molecule has 3 rings (SSSR count). The van der Waals surface area contributed by atoms with Gasteiger partial charge < -0.3 is 9.47 Å². The molecule has 0 spiro atoms. The second-order valence-electron chi connectivity index (χ2n) is 6.31. The number of fused-ring (bicyclic) bond motifs is 1. The van der Waals surface area contributed by atoms with Crippen molar-refractivity contribution < 1.29 is 19.1 Å². The summed E-state index contributed by atoms with van der Waals surface area (Å²) in [7, 11) is 0. The maximum absolute atomic E-state index is 12.0. The van der Waals surface area contributed by atoms with E-state index in [2.05, 4.69) is 58.6 Å². The van der Waals surface area contributed by atoms with Crippen LogP contribution in [0.5, 0.6) is 11.5 Å².